The molecule has 2 aliphatic rings. The minimum atomic E-state index is -5.64. The zero-order valence-electron chi connectivity index (χ0n) is 6.49. The van der Waals surface area contributed by atoms with Crippen molar-refractivity contribution in [2.24, 2.45) is 0 Å². The van der Waals surface area contributed by atoms with Crippen molar-refractivity contribution in [3.63, 3.8) is 0 Å². The lowest BCUT2D eigenvalue weighted by Gasteiger charge is -2.32. The van der Waals surface area contributed by atoms with E-state index in [9.17, 15) is 26.3 Å². The highest BCUT2D eigenvalue weighted by Gasteiger charge is 2.82. The molecule has 80 valence electrons. The van der Waals surface area contributed by atoms with Crippen molar-refractivity contribution >= 4 is 0 Å². The zero-order chi connectivity index (χ0) is 10.8. The molecular weight excluding hydrogens is 214 g/mol. The average molecular weight is 218 g/mol. The SMILES string of the molecule is FC(F)(F)C1(F)C2C=CC(O2)C1(F)F. The van der Waals surface area contributed by atoms with Gasteiger partial charge in [0.1, 0.15) is 12.2 Å². The second-order valence-electron chi connectivity index (χ2n) is 3.19. The third-order valence-electron chi connectivity index (χ3n) is 2.40. The van der Waals surface area contributed by atoms with Crippen molar-refractivity contribution in [1.82, 2.24) is 0 Å². The molecular formula is C7H4F6O. The van der Waals surface area contributed by atoms with E-state index in [-0.39, 0.29) is 0 Å². The maximum Gasteiger partial charge on any atom is 0.431 e. The molecule has 0 N–H and O–H groups in total. The second-order valence-corrected chi connectivity index (χ2v) is 3.19. The van der Waals surface area contributed by atoms with Gasteiger partial charge in [-0.3, -0.25) is 0 Å². The Morgan fingerprint density at radius 3 is 1.79 bits per heavy atom. The minimum absolute atomic E-state index is 0.676. The number of ether oxygens (including phenoxy) is 1. The van der Waals surface area contributed by atoms with Gasteiger partial charge in [-0.05, 0) is 0 Å². The Balaban J connectivity index is 2.50. The number of rotatable bonds is 0. The Morgan fingerprint density at radius 2 is 1.50 bits per heavy atom. The molecule has 0 aromatic heterocycles. The van der Waals surface area contributed by atoms with Crippen molar-refractivity contribution in [2.45, 2.75) is 30.0 Å². The van der Waals surface area contributed by atoms with E-state index in [0.29, 0.717) is 6.08 Å². The quantitative estimate of drug-likeness (QED) is 0.447. The maximum atomic E-state index is 13.2. The summed E-state index contributed by atoms with van der Waals surface area (Å²) in [7, 11) is 0. The first-order chi connectivity index (χ1) is 6.21. The molecule has 2 aliphatic heterocycles. The van der Waals surface area contributed by atoms with Gasteiger partial charge in [-0.1, -0.05) is 12.2 Å². The van der Waals surface area contributed by atoms with Crippen LogP contribution in [0.4, 0.5) is 26.3 Å². The van der Waals surface area contributed by atoms with Gasteiger partial charge in [0.15, 0.2) is 0 Å². The third kappa shape index (κ3) is 0.813. The van der Waals surface area contributed by atoms with Crippen molar-refractivity contribution in [3.05, 3.63) is 12.2 Å². The highest BCUT2D eigenvalue weighted by atomic mass is 19.4. The fourth-order valence-corrected chi connectivity index (χ4v) is 1.63. The molecule has 0 amide bonds. The van der Waals surface area contributed by atoms with E-state index in [1.165, 1.54) is 0 Å². The normalized spacial score (nSPS) is 44.7. The third-order valence-corrected chi connectivity index (χ3v) is 2.40. The minimum Gasteiger partial charge on any atom is -0.356 e. The summed E-state index contributed by atoms with van der Waals surface area (Å²) in [6.45, 7) is 0. The Hall–Kier alpha value is -0.720. The zero-order valence-corrected chi connectivity index (χ0v) is 6.49. The topological polar surface area (TPSA) is 9.23 Å². The molecule has 2 bridgehead atoms. The predicted molar refractivity (Wildman–Crippen MR) is 32.6 cm³/mol. The van der Waals surface area contributed by atoms with E-state index < -0.39 is 30.0 Å². The van der Waals surface area contributed by atoms with Gasteiger partial charge in [-0.2, -0.15) is 22.0 Å². The van der Waals surface area contributed by atoms with Crippen LogP contribution in [0.25, 0.3) is 0 Å². The predicted octanol–water partition coefficient (Wildman–Crippen LogP) is 2.23. The first kappa shape index (κ1) is 9.82. The van der Waals surface area contributed by atoms with Crippen LogP contribution >= 0.6 is 0 Å². The fraction of sp³-hybridized carbons (Fsp3) is 0.714. The van der Waals surface area contributed by atoms with Crippen molar-refractivity contribution in [1.29, 1.82) is 0 Å². The number of hydrogen-bond acceptors (Lipinski definition) is 1. The smallest absolute Gasteiger partial charge is 0.356 e. The van der Waals surface area contributed by atoms with Gasteiger partial charge in [-0.15, -0.1) is 0 Å². The van der Waals surface area contributed by atoms with Crippen LogP contribution in [0.5, 0.6) is 0 Å². The fourth-order valence-electron chi connectivity index (χ4n) is 1.63. The highest BCUT2D eigenvalue weighted by Crippen LogP contribution is 2.58. The lowest BCUT2D eigenvalue weighted by molar-refractivity contribution is -0.294. The first-order valence-corrected chi connectivity index (χ1v) is 3.68. The molecule has 0 aromatic carbocycles. The molecule has 3 atom stereocenters. The molecule has 3 unspecified atom stereocenters. The monoisotopic (exact) mass is 218 g/mol. The lowest BCUT2D eigenvalue weighted by atomic mass is 9.86. The second kappa shape index (κ2) is 2.26. The van der Waals surface area contributed by atoms with Crippen molar-refractivity contribution in [2.75, 3.05) is 0 Å². The van der Waals surface area contributed by atoms with Gasteiger partial charge in [0, 0.05) is 0 Å². The Bertz CT molecular complexity index is 295. The van der Waals surface area contributed by atoms with Crippen molar-refractivity contribution < 1.29 is 31.1 Å². The van der Waals surface area contributed by atoms with Gasteiger partial charge < -0.3 is 4.74 Å². The molecule has 0 aromatic rings. The van der Waals surface area contributed by atoms with Gasteiger partial charge in [0.25, 0.3) is 5.67 Å². The molecule has 0 spiro atoms. The van der Waals surface area contributed by atoms with Gasteiger partial charge in [0.05, 0.1) is 0 Å². The Kier molecular flexibility index (Phi) is 1.59. The first-order valence-electron chi connectivity index (χ1n) is 3.68. The molecule has 2 heterocycles. The summed E-state index contributed by atoms with van der Waals surface area (Å²) in [6.07, 6.45) is -8.56. The number of fused-ring (bicyclic) bond motifs is 2. The van der Waals surface area contributed by atoms with E-state index >= 15 is 0 Å². The molecule has 1 nitrogen and oxygen atoms in total. The highest BCUT2D eigenvalue weighted by molar-refractivity contribution is 5.28. The summed E-state index contributed by atoms with van der Waals surface area (Å²) >= 11 is 0. The molecule has 14 heavy (non-hydrogen) atoms. The number of hydrogen-bond donors (Lipinski definition) is 0. The summed E-state index contributed by atoms with van der Waals surface area (Å²) in [5.74, 6) is -4.55. The largest absolute Gasteiger partial charge is 0.431 e. The molecule has 2 rings (SSSR count). The van der Waals surface area contributed by atoms with Crippen LogP contribution in [0.15, 0.2) is 12.2 Å². The van der Waals surface area contributed by atoms with E-state index in [1.807, 2.05) is 0 Å². The van der Waals surface area contributed by atoms with Crippen LogP contribution in [0.3, 0.4) is 0 Å². The number of alkyl halides is 6. The summed E-state index contributed by atoms with van der Waals surface area (Å²) < 4.78 is 79.6. The van der Waals surface area contributed by atoms with E-state index in [4.69, 9.17) is 0 Å². The van der Waals surface area contributed by atoms with Crippen LogP contribution in [-0.4, -0.2) is 30.0 Å². The Morgan fingerprint density at radius 1 is 1.00 bits per heavy atom. The van der Waals surface area contributed by atoms with Gasteiger partial charge in [-0.25, -0.2) is 4.39 Å². The summed E-state index contributed by atoms with van der Waals surface area (Å²) in [5.41, 5.74) is -4.60. The van der Waals surface area contributed by atoms with Crippen LogP contribution in [0.1, 0.15) is 0 Å². The Labute approximate surface area is 74.3 Å². The van der Waals surface area contributed by atoms with E-state index in [2.05, 4.69) is 4.74 Å². The van der Waals surface area contributed by atoms with Crippen LogP contribution in [0, 0.1) is 0 Å². The van der Waals surface area contributed by atoms with Crippen LogP contribution in [-0.2, 0) is 4.74 Å². The summed E-state index contributed by atoms with van der Waals surface area (Å²) in [5, 5.41) is 0. The molecule has 1 saturated heterocycles. The van der Waals surface area contributed by atoms with Gasteiger partial charge >= 0.3 is 12.1 Å². The maximum absolute atomic E-state index is 13.2. The molecule has 7 heteroatoms. The van der Waals surface area contributed by atoms with E-state index in [1.54, 1.807) is 0 Å². The van der Waals surface area contributed by atoms with Crippen LogP contribution in [0.2, 0.25) is 0 Å². The van der Waals surface area contributed by atoms with E-state index in [0.717, 1.165) is 6.08 Å². The standard InChI is InChI=1S/C7H4F6O/c8-5(7(11,12)13)3-1-2-4(14-3)6(5,9)10/h1-4H. The van der Waals surface area contributed by atoms with Crippen molar-refractivity contribution in [3.8, 4) is 0 Å². The molecule has 0 aliphatic carbocycles. The summed E-state index contributed by atoms with van der Waals surface area (Å²) in [4.78, 5) is 0. The number of halogens is 6. The van der Waals surface area contributed by atoms with Crippen LogP contribution < -0.4 is 0 Å². The van der Waals surface area contributed by atoms with Gasteiger partial charge in [0.2, 0.25) is 0 Å². The summed E-state index contributed by atoms with van der Waals surface area (Å²) in [6, 6.07) is 0. The molecule has 1 fully saturated rings. The average Bonchev–Trinajstić information content (AvgIpc) is 2.52. The molecule has 0 saturated carbocycles. The molecule has 0 radical (unpaired) electrons. The lowest BCUT2D eigenvalue weighted by Crippen LogP contribution is -2.60.